The number of hydrogen-bond donors (Lipinski definition) is 3. The second-order valence-electron chi connectivity index (χ2n) is 6.92. The van der Waals surface area contributed by atoms with Crippen molar-refractivity contribution < 1.29 is 14.7 Å². The van der Waals surface area contributed by atoms with Crippen LogP contribution in [0.5, 0.6) is 0 Å². The van der Waals surface area contributed by atoms with E-state index < -0.39 is 5.97 Å². The molecule has 1 aromatic carbocycles. The minimum Gasteiger partial charge on any atom is -0.481 e. The number of aliphatic carboxylic acids is 1. The number of carboxylic acid groups (broad SMARTS) is 1. The lowest BCUT2D eigenvalue weighted by atomic mass is 9.93. The van der Waals surface area contributed by atoms with Crippen LogP contribution in [0.3, 0.4) is 0 Å². The third-order valence-electron chi connectivity index (χ3n) is 5.02. The van der Waals surface area contributed by atoms with Crippen LogP contribution in [0.15, 0.2) is 30.3 Å². The maximum Gasteiger partial charge on any atom is 0.309 e. The van der Waals surface area contributed by atoms with Crippen molar-refractivity contribution >= 4 is 22.9 Å². The molecule has 8 heteroatoms. The molecule has 3 N–H and O–H groups in total. The van der Waals surface area contributed by atoms with Gasteiger partial charge < -0.3 is 15.0 Å². The lowest BCUT2D eigenvalue weighted by molar-refractivity contribution is -0.136. The molecule has 0 atom stereocenters. The molecule has 1 aliphatic rings. The number of piperidine rings is 1. The topological polar surface area (TPSA) is 115 Å². The standard InChI is InChI=1S/C19H21N5O3/c25-18(11-17-20-14-3-1-2-4-15(14)21-17)24-7-5-12(6-8-24)16-9-13(22-23-16)10-19(26)27/h1-4,9,12H,5-8,10-11H2,(H,20,21)(H,22,23)(H,26,27). The van der Waals surface area contributed by atoms with Crippen LogP contribution in [0.4, 0.5) is 0 Å². The number of rotatable bonds is 5. The van der Waals surface area contributed by atoms with Gasteiger partial charge in [-0.3, -0.25) is 14.7 Å². The van der Waals surface area contributed by atoms with Crippen molar-refractivity contribution in [2.75, 3.05) is 13.1 Å². The molecule has 1 saturated heterocycles. The van der Waals surface area contributed by atoms with Crippen LogP contribution in [-0.4, -0.2) is 55.1 Å². The summed E-state index contributed by atoms with van der Waals surface area (Å²) in [6.45, 7) is 1.34. The summed E-state index contributed by atoms with van der Waals surface area (Å²) in [4.78, 5) is 32.9. The molecule has 3 aromatic rings. The third-order valence-corrected chi connectivity index (χ3v) is 5.02. The van der Waals surface area contributed by atoms with Crippen LogP contribution < -0.4 is 0 Å². The Kier molecular flexibility index (Phi) is 4.62. The van der Waals surface area contributed by atoms with Crippen molar-refractivity contribution in [3.63, 3.8) is 0 Å². The largest absolute Gasteiger partial charge is 0.481 e. The molecule has 1 amide bonds. The van der Waals surface area contributed by atoms with Crippen molar-refractivity contribution in [3.8, 4) is 0 Å². The molecule has 0 unspecified atom stereocenters. The van der Waals surface area contributed by atoms with Crippen molar-refractivity contribution in [3.05, 3.63) is 47.5 Å². The zero-order valence-corrected chi connectivity index (χ0v) is 14.8. The summed E-state index contributed by atoms with van der Waals surface area (Å²) in [5, 5.41) is 15.9. The zero-order valence-electron chi connectivity index (χ0n) is 14.8. The normalized spacial score (nSPS) is 15.3. The molecule has 0 bridgehead atoms. The second kappa shape index (κ2) is 7.22. The van der Waals surface area contributed by atoms with Crippen LogP contribution in [0.1, 0.15) is 36.0 Å². The molecule has 0 saturated carbocycles. The van der Waals surface area contributed by atoms with Gasteiger partial charge in [0.25, 0.3) is 0 Å². The third kappa shape index (κ3) is 3.84. The van der Waals surface area contributed by atoms with Gasteiger partial charge in [0.1, 0.15) is 5.82 Å². The first-order valence-electron chi connectivity index (χ1n) is 9.06. The minimum absolute atomic E-state index is 0.0537. The number of amides is 1. The Labute approximate surface area is 155 Å². The fourth-order valence-electron chi connectivity index (χ4n) is 3.61. The predicted octanol–water partition coefficient (Wildman–Crippen LogP) is 1.86. The lowest BCUT2D eigenvalue weighted by Gasteiger charge is -2.31. The number of fused-ring (bicyclic) bond motifs is 1. The number of imidazole rings is 1. The molecule has 27 heavy (non-hydrogen) atoms. The van der Waals surface area contributed by atoms with Gasteiger partial charge in [-0.15, -0.1) is 0 Å². The number of nitrogens with one attached hydrogen (secondary N) is 2. The highest BCUT2D eigenvalue weighted by Gasteiger charge is 2.26. The molecule has 0 spiro atoms. The number of carbonyl (C=O) groups is 2. The molecule has 0 radical (unpaired) electrons. The molecule has 140 valence electrons. The second-order valence-corrected chi connectivity index (χ2v) is 6.92. The summed E-state index contributed by atoms with van der Waals surface area (Å²) in [7, 11) is 0. The Hall–Kier alpha value is -3.16. The molecule has 2 aromatic heterocycles. The number of H-pyrrole nitrogens is 2. The highest BCUT2D eigenvalue weighted by atomic mass is 16.4. The Morgan fingerprint density at radius 1 is 1.19 bits per heavy atom. The number of likely N-dealkylation sites (tertiary alicyclic amines) is 1. The van der Waals surface area contributed by atoms with Gasteiger partial charge in [-0.25, -0.2) is 4.98 Å². The molecule has 4 rings (SSSR count). The van der Waals surface area contributed by atoms with Gasteiger partial charge in [-0.05, 0) is 31.0 Å². The number of aromatic nitrogens is 4. The molecule has 0 aliphatic carbocycles. The van der Waals surface area contributed by atoms with E-state index in [0.717, 1.165) is 29.6 Å². The fourth-order valence-corrected chi connectivity index (χ4v) is 3.61. The van der Waals surface area contributed by atoms with E-state index in [1.807, 2.05) is 35.2 Å². The maximum atomic E-state index is 12.6. The monoisotopic (exact) mass is 367 g/mol. The van der Waals surface area contributed by atoms with Crippen molar-refractivity contribution in [2.45, 2.75) is 31.6 Å². The van der Waals surface area contributed by atoms with Crippen LogP contribution in [0.25, 0.3) is 11.0 Å². The minimum atomic E-state index is -0.879. The molecule has 1 aliphatic heterocycles. The molecular weight excluding hydrogens is 346 g/mol. The molecule has 1 fully saturated rings. The van der Waals surface area contributed by atoms with Crippen LogP contribution in [-0.2, 0) is 22.4 Å². The summed E-state index contributed by atoms with van der Waals surface area (Å²) in [6, 6.07) is 9.56. The fraction of sp³-hybridized carbons (Fsp3) is 0.368. The summed E-state index contributed by atoms with van der Waals surface area (Å²) >= 11 is 0. The Morgan fingerprint density at radius 3 is 2.70 bits per heavy atom. The van der Waals surface area contributed by atoms with Crippen LogP contribution in [0.2, 0.25) is 0 Å². The quantitative estimate of drug-likeness (QED) is 0.637. The molecule has 8 nitrogen and oxygen atoms in total. The van der Waals surface area contributed by atoms with Crippen molar-refractivity contribution in [2.24, 2.45) is 0 Å². The van der Waals surface area contributed by atoms with Crippen LogP contribution >= 0.6 is 0 Å². The van der Waals surface area contributed by atoms with E-state index in [2.05, 4.69) is 20.2 Å². The summed E-state index contributed by atoms with van der Waals surface area (Å²) < 4.78 is 0. The average Bonchev–Trinajstić information content (AvgIpc) is 3.27. The van der Waals surface area contributed by atoms with Gasteiger partial charge in [0, 0.05) is 24.7 Å². The van der Waals surface area contributed by atoms with Gasteiger partial charge in [0.05, 0.1) is 29.6 Å². The van der Waals surface area contributed by atoms with Gasteiger partial charge >= 0.3 is 5.97 Å². The van der Waals surface area contributed by atoms with Gasteiger partial charge in [0.15, 0.2) is 0 Å². The zero-order chi connectivity index (χ0) is 18.8. The number of para-hydroxylation sites is 2. The first-order valence-corrected chi connectivity index (χ1v) is 9.06. The Morgan fingerprint density at radius 2 is 1.96 bits per heavy atom. The lowest BCUT2D eigenvalue weighted by Crippen LogP contribution is -2.39. The van der Waals surface area contributed by atoms with E-state index in [4.69, 9.17) is 5.11 Å². The summed E-state index contributed by atoms with van der Waals surface area (Å²) in [5.74, 6) is 0.130. The van der Waals surface area contributed by atoms with E-state index >= 15 is 0 Å². The molecular formula is C19H21N5O3. The van der Waals surface area contributed by atoms with Crippen molar-refractivity contribution in [1.82, 2.24) is 25.1 Å². The number of hydrogen-bond acceptors (Lipinski definition) is 4. The SMILES string of the molecule is O=C(O)Cc1cc(C2CCN(C(=O)Cc3nc4ccccc4[nH]3)CC2)n[nH]1. The Balaban J connectivity index is 1.33. The number of benzene rings is 1. The van der Waals surface area contributed by atoms with E-state index in [0.29, 0.717) is 24.6 Å². The van der Waals surface area contributed by atoms with Gasteiger partial charge in [-0.2, -0.15) is 5.10 Å². The number of carbonyl (C=O) groups excluding carboxylic acids is 1. The summed E-state index contributed by atoms with van der Waals surface area (Å²) in [5.41, 5.74) is 3.31. The van der Waals surface area contributed by atoms with Gasteiger partial charge in [-0.1, -0.05) is 12.1 Å². The number of aromatic amines is 2. The average molecular weight is 367 g/mol. The van der Waals surface area contributed by atoms with Crippen LogP contribution in [0, 0.1) is 0 Å². The van der Waals surface area contributed by atoms with E-state index in [-0.39, 0.29) is 24.7 Å². The van der Waals surface area contributed by atoms with E-state index in [9.17, 15) is 9.59 Å². The predicted molar refractivity (Wildman–Crippen MR) is 98.3 cm³/mol. The first kappa shape index (κ1) is 17.3. The first-order chi connectivity index (χ1) is 13.1. The summed E-state index contributed by atoms with van der Waals surface area (Å²) in [6.07, 6.45) is 1.86. The van der Waals surface area contributed by atoms with Gasteiger partial charge in [0.2, 0.25) is 5.91 Å². The van der Waals surface area contributed by atoms with E-state index in [1.165, 1.54) is 0 Å². The number of nitrogens with zero attached hydrogens (tertiary/aromatic N) is 3. The van der Waals surface area contributed by atoms with E-state index in [1.54, 1.807) is 0 Å². The highest BCUT2D eigenvalue weighted by Crippen LogP contribution is 2.27. The smallest absolute Gasteiger partial charge is 0.309 e. The molecule has 3 heterocycles. The maximum absolute atomic E-state index is 12.6. The van der Waals surface area contributed by atoms with Crippen molar-refractivity contribution in [1.29, 1.82) is 0 Å². The Bertz CT molecular complexity index is 936. The highest BCUT2D eigenvalue weighted by molar-refractivity contribution is 5.80. The number of carboxylic acids is 1.